The van der Waals surface area contributed by atoms with Crippen LogP contribution in [0.5, 0.6) is 23.0 Å². The standard InChI is InChI=1S/C48H54O14/c1-5-7-9-11-29-57-37-21-13-33(14-22-37)45(51)59-39-25-17-35(18-26-39)47(53)61-41(31-43(49)55-3)42(32-44(50)56-4)62-48(54)36-19-27-40(28-20-36)60-46(52)34-15-23-38(24-16-34)58-30-12-10-8-6-2/h13-28,41-42H,5-12,29-32H2,1-4H3/t41-,42-/m1/s1. The van der Waals surface area contributed by atoms with Crippen molar-refractivity contribution < 1.29 is 66.7 Å². The van der Waals surface area contributed by atoms with Crippen LogP contribution in [0.3, 0.4) is 0 Å². The fourth-order valence-corrected chi connectivity index (χ4v) is 5.87. The number of unbranched alkanes of at least 4 members (excludes halogenated alkanes) is 6. The van der Waals surface area contributed by atoms with Gasteiger partial charge in [-0.25, -0.2) is 19.2 Å². The molecule has 0 spiro atoms. The highest BCUT2D eigenvalue weighted by Gasteiger charge is 2.34. The molecule has 0 heterocycles. The third-order valence-electron chi connectivity index (χ3n) is 9.44. The van der Waals surface area contributed by atoms with Gasteiger partial charge in [0.25, 0.3) is 0 Å². The van der Waals surface area contributed by atoms with Crippen molar-refractivity contribution in [1.29, 1.82) is 0 Å². The minimum Gasteiger partial charge on any atom is -0.494 e. The molecule has 0 radical (unpaired) electrons. The van der Waals surface area contributed by atoms with Gasteiger partial charge in [0.15, 0.2) is 0 Å². The third kappa shape index (κ3) is 16.1. The Kier molecular flexibility index (Phi) is 20.0. The first kappa shape index (κ1) is 48.0. The van der Waals surface area contributed by atoms with Crippen LogP contribution in [-0.4, -0.2) is 75.5 Å². The molecule has 62 heavy (non-hydrogen) atoms. The lowest BCUT2D eigenvalue weighted by atomic mass is 10.1. The molecule has 14 nitrogen and oxygen atoms in total. The number of hydrogen-bond donors (Lipinski definition) is 0. The largest absolute Gasteiger partial charge is 0.494 e. The number of esters is 6. The lowest BCUT2D eigenvalue weighted by Gasteiger charge is -2.26. The first-order valence-corrected chi connectivity index (χ1v) is 20.7. The van der Waals surface area contributed by atoms with Crippen LogP contribution in [0.1, 0.15) is 119 Å². The quantitative estimate of drug-likeness (QED) is 0.0267. The maximum atomic E-state index is 13.4. The minimum absolute atomic E-state index is 0.00420. The van der Waals surface area contributed by atoms with E-state index in [9.17, 15) is 28.8 Å². The van der Waals surface area contributed by atoms with E-state index in [0.717, 1.165) is 65.6 Å². The Balaban J connectivity index is 1.37. The van der Waals surface area contributed by atoms with E-state index >= 15 is 0 Å². The first-order chi connectivity index (χ1) is 30.0. The van der Waals surface area contributed by atoms with Gasteiger partial charge in [0.05, 0.1) is 62.5 Å². The van der Waals surface area contributed by atoms with Gasteiger partial charge in [-0.1, -0.05) is 52.4 Å². The molecule has 4 aromatic rings. The molecule has 0 aromatic heterocycles. The van der Waals surface area contributed by atoms with Gasteiger partial charge in [-0.15, -0.1) is 0 Å². The molecular weight excluding hydrogens is 801 g/mol. The Morgan fingerprint density at radius 3 is 1.02 bits per heavy atom. The van der Waals surface area contributed by atoms with Crippen LogP contribution in [0.4, 0.5) is 0 Å². The number of ether oxygens (including phenoxy) is 8. The highest BCUT2D eigenvalue weighted by atomic mass is 16.6. The van der Waals surface area contributed by atoms with E-state index in [1.165, 1.54) is 48.5 Å². The van der Waals surface area contributed by atoms with Crippen LogP contribution in [-0.2, 0) is 28.5 Å². The van der Waals surface area contributed by atoms with E-state index in [2.05, 4.69) is 13.8 Å². The SMILES string of the molecule is CCCCCCOc1ccc(C(=O)Oc2ccc(C(=O)O[C@H](CC(=O)OC)[C@@H](CC(=O)OC)OC(=O)c3ccc(OC(=O)c4ccc(OCCCCCC)cc4)cc3)cc2)cc1. The van der Waals surface area contributed by atoms with Crippen LogP contribution in [0.15, 0.2) is 97.1 Å². The van der Waals surface area contributed by atoms with Crippen molar-refractivity contribution >= 4 is 35.8 Å². The predicted octanol–water partition coefficient (Wildman–Crippen LogP) is 8.92. The summed E-state index contributed by atoms with van der Waals surface area (Å²) in [5, 5.41) is 0. The molecule has 14 heteroatoms. The zero-order valence-corrected chi connectivity index (χ0v) is 35.6. The summed E-state index contributed by atoms with van der Waals surface area (Å²) in [5.41, 5.74) is 0.573. The molecule has 330 valence electrons. The maximum Gasteiger partial charge on any atom is 0.343 e. The van der Waals surface area contributed by atoms with Crippen LogP contribution in [0, 0.1) is 0 Å². The molecule has 4 aromatic carbocycles. The predicted molar refractivity (Wildman–Crippen MR) is 227 cm³/mol. The summed E-state index contributed by atoms with van der Waals surface area (Å²) in [7, 11) is 2.24. The average molecular weight is 855 g/mol. The molecule has 0 aliphatic carbocycles. The van der Waals surface area contributed by atoms with E-state index in [1.54, 1.807) is 48.5 Å². The van der Waals surface area contributed by atoms with Crippen molar-refractivity contribution in [2.24, 2.45) is 0 Å². The molecule has 2 atom stereocenters. The van der Waals surface area contributed by atoms with Crippen LogP contribution in [0.2, 0.25) is 0 Å². The van der Waals surface area contributed by atoms with Crippen LogP contribution in [0.25, 0.3) is 0 Å². The van der Waals surface area contributed by atoms with Crippen molar-refractivity contribution in [2.45, 2.75) is 90.3 Å². The Labute approximate surface area is 361 Å². The number of methoxy groups -OCH3 is 2. The normalized spacial score (nSPS) is 11.6. The van der Waals surface area contributed by atoms with Crippen LogP contribution < -0.4 is 18.9 Å². The summed E-state index contributed by atoms with van der Waals surface area (Å²) in [5.74, 6) is -3.22. The zero-order chi connectivity index (χ0) is 44.7. The average Bonchev–Trinajstić information content (AvgIpc) is 3.29. The number of rotatable bonds is 25. The summed E-state index contributed by atoms with van der Waals surface area (Å²) >= 11 is 0. The monoisotopic (exact) mass is 854 g/mol. The van der Waals surface area contributed by atoms with Gasteiger partial charge in [0.1, 0.15) is 35.2 Å². The number of carbonyl (C=O) groups excluding carboxylic acids is 6. The highest BCUT2D eigenvalue weighted by Crippen LogP contribution is 2.23. The van der Waals surface area contributed by atoms with Crippen molar-refractivity contribution in [3.8, 4) is 23.0 Å². The molecule has 0 aliphatic rings. The molecule has 0 amide bonds. The van der Waals surface area contributed by atoms with Crippen LogP contribution >= 0.6 is 0 Å². The van der Waals surface area contributed by atoms with Gasteiger partial charge in [-0.2, -0.15) is 0 Å². The summed E-state index contributed by atoms with van der Waals surface area (Å²) in [6.07, 6.45) is 4.45. The molecule has 0 fully saturated rings. The molecule has 0 unspecified atom stereocenters. The molecule has 0 saturated heterocycles. The number of hydrogen-bond acceptors (Lipinski definition) is 14. The second-order valence-electron chi connectivity index (χ2n) is 14.1. The van der Waals surface area contributed by atoms with E-state index in [4.69, 9.17) is 37.9 Å². The summed E-state index contributed by atoms with van der Waals surface area (Å²) in [4.78, 5) is 77.3. The van der Waals surface area contributed by atoms with E-state index in [-0.39, 0.29) is 22.6 Å². The second-order valence-corrected chi connectivity index (χ2v) is 14.1. The molecular formula is C48H54O14. The van der Waals surface area contributed by atoms with Crippen molar-refractivity contribution in [1.82, 2.24) is 0 Å². The Bertz CT molecular complexity index is 1890. The Hall–Kier alpha value is -6.70. The Morgan fingerprint density at radius 2 is 0.710 bits per heavy atom. The fourth-order valence-electron chi connectivity index (χ4n) is 5.87. The van der Waals surface area contributed by atoms with E-state index in [1.807, 2.05) is 0 Å². The van der Waals surface area contributed by atoms with Crippen molar-refractivity contribution in [2.75, 3.05) is 27.4 Å². The topological polar surface area (TPSA) is 176 Å². The molecule has 0 N–H and O–H groups in total. The second kappa shape index (κ2) is 25.8. The van der Waals surface area contributed by atoms with Gasteiger partial charge in [0.2, 0.25) is 0 Å². The van der Waals surface area contributed by atoms with Crippen molar-refractivity contribution in [3.63, 3.8) is 0 Å². The van der Waals surface area contributed by atoms with Gasteiger partial charge >= 0.3 is 35.8 Å². The van der Waals surface area contributed by atoms with Crippen molar-refractivity contribution in [3.05, 3.63) is 119 Å². The highest BCUT2D eigenvalue weighted by molar-refractivity contribution is 5.93. The molecule has 0 bridgehead atoms. The summed E-state index contributed by atoms with van der Waals surface area (Å²) < 4.78 is 43.2. The van der Waals surface area contributed by atoms with Gasteiger partial charge in [-0.05, 0) is 110 Å². The van der Waals surface area contributed by atoms with Gasteiger partial charge in [-0.3, -0.25) is 9.59 Å². The lowest BCUT2D eigenvalue weighted by molar-refractivity contribution is -0.150. The minimum atomic E-state index is -1.50. The number of carbonyl (C=O) groups is 6. The van der Waals surface area contributed by atoms with Gasteiger partial charge < -0.3 is 37.9 Å². The third-order valence-corrected chi connectivity index (χ3v) is 9.44. The maximum absolute atomic E-state index is 13.4. The smallest absolute Gasteiger partial charge is 0.343 e. The summed E-state index contributed by atoms with van der Waals surface area (Å²) in [6, 6.07) is 24.0. The molecule has 0 saturated carbocycles. The fraction of sp³-hybridized carbons (Fsp3) is 0.375. The van der Waals surface area contributed by atoms with E-state index < -0.39 is 60.9 Å². The lowest BCUT2D eigenvalue weighted by Crippen LogP contribution is -2.39. The first-order valence-electron chi connectivity index (χ1n) is 20.7. The Morgan fingerprint density at radius 1 is 0.403 bits per heavy atom. The summed E-state index contributed by atoms with van der Waals surface area (Å²) in [6.45, 7) is 5.45. The number of benzene rings is 4. The molecule has 0 aliphatic heterocycles. The van der Waals surface area contributed by atoms with Gasteiger partial charge in [0, 0.05) is 0 Å². The van der Waals surface area contributed by atoms with E-state index in [0.29, 0.717) is 35.8 Å². The molecule has 4 rings (SSSR count). The zero-order valence-electron chi connectivity index (χ0n) is 35.6.